The van der Waals surface area contributed by atoms with Gasteiger partial charge in [0.25, 0.3) is 0 Å². The molecule has 1 saturated heterocycles. The van der Waals surface area contributed by atoms with Crippen molar-refractivity contribution < 1.29 is 9.47 Å². The molecule has 2 aliphatic heterocycles. The lowest BCUT2D eigenvalue weighted by atomic mass is 9.77. The molecule has 0 amide bonds. The minimum atomic E-state index is 0.170. The summed E-state index contributed by atoms with van der Waals surface area (Å²) in [7, 11) is 0. The summed E-state index contributed by atoms with van der Waals surface area (Å²) < 4.78 is 12.9. The van der Waals surface area contributed by atoms with Crippen molar-refractivity contribution in [3.8, 4) is 5.75 Å². The molecule has 126 valence electrons. The molecule has 0 aromatic heterocycles. The third-order valence-corrected chi connectivity index (χ3v) is 5.47. The van der Waals surface area contributed by atoms with Gasteiger partial charge in [-0.3, -0.25) is 0 Å². The quantitative estimate of drug-likeness (QED) is 0.755. The van der Waals surface area contributed by atoms with Gasteiger partial charge in [0.2, 0.25) is 0 Å². The summed E-state index contributed by atoms with van der Waals surface area (Å²) in [4.78, 5) is 0. The lowest BCUT2D eigenvalue weighted by molar-refractivity contribution is -0.0381. The number of hydrogen-bond donors (Lipinski definition) is 1. The first-order chi connectivity index (χ1) is 11.8. The zero-order valence-electron chi connectivity index (χ0n) is 13.8. The number of ether oxygens (including phenoxy) is 2. The Kier molecular flexibility index (Phi) is 4.51. The predicted octanol–water partition coefficient (Wildman–Crippen LogP) is 5.48. The lowest BCUT2D eigenvalue weighted by Crippen LogP contribution is -2.35. The highest BCUT2D eigenvalue weighted by Gasteiger charge is 2.39. The van der Waals surface area contributed by atoms with E-state index in [1.54, 1.807) is 0 Å². The van der Waals surface area contributed by atoms with E-state index in [2.05, 4.69) is 63.7 Å². The summed E-state index contributed by atoms with van der Waals surface area (Å²) in [6.07, 6.45) is 2.48. The zero-order valence-corrected chi connectivity index (χ0v) is 15.4. The van der Waals surface area contributed by atoms with Crippen LogP contribution >= 0.6 is 15.9 Å². The molecular weight excluding hydrogens is 366 g/mol. The molecule has 2 aliphatic rings. The molecule has 3 nitrogen and oxygen atoms in total. The van der Waals surface area contributed by atoms with Gasteiger partial charge in [-0.25, -0.2) is 0 Å². The van der Waals surface area contributed by atoms with Crippen LogP contribution in [0, 0.1) is 5.92 Å². The Bertz CT molecular complexity index is 716. The maximum absolute atomic E-state index is 6.19. The topological polar surface area (TPSA) is 30.5 Å². The molecule has 2 aromatic rings. The van der Waals surface area contributed by atoms with Gasteiger partial charge in [0, 0.05) is 28.2 Å². The second kappa shape index (κ2) is 6.77. The van der Waals surface area contributed by atoms with E-state index < -0.39 is 0 Å². The van der Waals surface area contributed by atoms with E-state index in [4.69, 9.17) is 9.47 Å². The monoisotopic (exact) mass is 387 g/mol. The molecule has 1 fully saturated rings. The van der Waals surface area contributed by atoms with E-state index in [-0.39, 0.29) is 12.1 Å². The van der Waals surface area contributed by atoms with Crippen LogP contribution in [-0.2, 0) is 4.74 Å². The predicted molar refractivity (Wildman–Crippen MR) is 99.5 cm³/mol. The minimum Gasteiger partial charge on any atom is -0.494 e. The summed E-state index contributed by atoms with van der Waals surface area (Å²) >= 11 is 3.59. The van der Waals surface area contributed by atoms with Crippen LogP contribution in [0.25, 0.3) is 0 Å². The average Bonchev–Trinajstić information content (AvgIpc) is 2.62. The van der Waals surface area contributed by atoms with E-state index in [1.807, 2.05) is 6.92 Å². The van der Waals surface area contributed by atoms with Crippen LogP contribution in [0.5, 0.6) is 5.75 Å². The zero-order chi connectivity index (χ0) is 16.5. The molecule has 24 heavy (non-hydrogen) atoms. The van der Waals surface area contributed by atoms with Crippen molar-refractivity contribution in [2.24, 2.45) is 5.92 Å². The van der Waals surface area contributed by atoms with Crippen LogP contribution in [0.1, 0.15) is 43.0 Å². The Labute approximate surface area is 151 Å². The van der Waals surface area contributed by atoms with E-state index in [1.165, 1.54) is 23.2 Å². The second-order valence-corrected chi connectivity index (χ2v) is 7.37. The number of nitrogens with one attached hydrogen (secondary N) is 1. The first-order valence-electron chi connectivity index (χ1n) is 8.66. The Hall–Kier alpha value is -1.52. The van der Waals surface area contributed by atoms with Gasteiger partial charge in [0.05, 0.1) is 18.8 Å². The Balaban J connectivity index is 1.69. The van der Waals surface area contributed by atoms with E-state index in [0.717, 1.165) is 23.2 Å². The second-order valence-electron chi connectivity index (χ2n) is 6.45. The highest BCUT2D eigenvalue weighted by atomic mass is 79.9. The third-order valence-electron chi connectivity index (χ3n) is 4.98. The van der Waals surface area contributed by atoms with Crippen molar-refractivity contribution in [1.82, 2.24) is 0 Å². The molecule has 0 saturated carbocycles. The molecule has 0 bridgehead atoms. The van der Waals surface area contributed by atoms with Crippen LogP contribution in [0.4, 0.5) is 5.69 Å². The largest absolute Gasteiger partial charge is 0.494 e. The van der Waals surface area contributed by atoms with Crippen LogP contribution in [0.2, 0.25) is 0 Å². The molecule has 0 spiro atoms. The first kappa shape index (κ1) is 16.0. The van der Waals surface area contributed by atoms with Crippen molar-refractivity contribution >= 4 is 21.6 Å². The maximum Gasteiger partial charge on any atom is 0.119 e. The number of anilines is 1. The van der Waals surface area contributed by atoms with Gasteiger partial charge in [0.15, 0.2) is 0 Å². The fourth-order valence-electron chi connectivity index (χ4n) is 3.91. The summed E-state index contributed by atoms with van der Waals surface area (Å²) in [5.41, 5.74) is 3.75. The standard InChI is InChI=1S/C20H22BrNO2/c1-2-23-15-8-5-13(6-9-15)19-16-4-3-11-24-20(16)17-12-14(21)7-10-18(17)22-19/h5-10,12,16,19-20,22H,2-4,11H2,1H3/t16-,19+,20-/m0/s1. The van der Waals surface area contributed by atoms with Gasteiger partial charge in [0.1, 0.15) is 5.75 Å². The fraction of sp³-hybridized carbons (Fsp3) is 0.400. The molecule has 0 unspecified atom stereocenters. The number of fused-ring (bicyclic) bond motifs is 3. The van der Waals surface area contributed by atoms with Gasteiger partial charge < -0.3 is 14.8 Å². The van der Waals surface area contributed by atoms with Gasteiger partial charge in [-0.1, -0.05) is 28.1 Å². The Morgan fingerprint density at radius 3 is 2.83 bits per heavy atom. The molecule has 0 aliphatic carbocycles. The highest BCUT2D eigenvalue weighted by molar-refractivity contribution is 9.10. The molecular formula is C20H22BrNO2. The van der Waals surface area contributed by atoms with Crippen molar-refractivity contribution in [2.75, 3.05) is 18.5 Å². The maximum atomic E-state index is 6.19. The molecule has 4 heteroatoms. The normalized spacial score (nSPS) is 25.3. The van der Waals surface area contributed by atoms with Gasteiger partial charge in [-0.2, -0.15) is 0 Å². The highest BCUT2D eigenvalue weighted by Crippen LogP contribution is 2.49. The average molecular weight is 388 g/mol. The van der Waals surface area contributed by atoms with Crippen LogP contribution in [0.3, 0.4) is 0 Å². The van der Waals surface area contributed by atoms with Crippen LogP contribution in [-0.4, -0.2) is 13.2 Å². The fourth-order valence-corrected chi connectivity index (χ4v) is 4.29. The number of hydrogen-bond acceptors (Lipinski definition) is 3. The Morgan fingerprint density at radius 2 is 2.04 bits per heavy atom. The van der Waals surface area contributed by atoms with Gasteiger partial charge in [-0.15, -0.1) is 0 Å². The number of rotatable bonds is 3. The third kappa shape index (κ3) is 2.93. The van der Waals surface area contributed by atoms with Crippen LogP contribution in [0.15, 0.2) is 46.9 Å². The number of benzene rings is 2. The van der Waals surface area contributed by atoms with E-state index in [0.29, 0.717) is 12.5 Å². The smallest absolute Gasteiger partial charge is 0.119 e. The summed E-state index contributed by atoms with van der Waals surface area (Å²) in [6.45, 7) is 3.56. The van der Waals surface area contributed by atoms with Gasteiger partial charge >= 0.3 is 0 Å². The molecule has 1 N–H and O–H groups in total. The lowest BCUT2D eigenvalue weighted by Gasteiger charge is -2.43. The molecule has 2 aromatic carbocycles. The number of halogens is 1. The van der Waals surface area contributed by atoms with Crippen molar-refractivity contribution in [1.29, 1.82) is 0 Å². The molecule has 4 rings (SSSR count). The van der Waals surface area contributed by atoms with Crippen molar-refractivity contribution in [3.63, 3.8) is 0 Å². The summed E-state index contributed by atoms with van der Waals surface area (Å²) in [5, 5.41) is 3.75. The van der Waals surface area contributed by atoms with Crippen LogP contribution < -0.4 is 10.1 Å². The van der Waals surface area contributed by atoms with Crippen molar-refractivity contribution in [2.45, 2.75) is 31.9 Å². The van der Waals surface area contributed by atoms with E-state index >= 15 is 0 Å². The summed E-state index contributed by atoms with van der Waals surface area (Å²) in [6, 6.07) is 15.2. The van der Waals surface area contributed by atoms with E-state index in [9.17, 15) is 0 Å². The summed E-state index contributed by atoms with van der Waals surface area (Å²) in [5.74, 6) is 1.39. The molecule has 0 radical (unpaired) electrons. The van der Waals surface area contributed by atoms with Gasteiger partial charge in [-0.05, 0) is 55.7 Å². The minimum absolute atomic E-state index is 0.170. The Morgan fingerprint density at radius 1 is 1.21 bits per heavy atom. The SMILES string of the molecule is CCOc1ccc([C@H]2Nc3ccc(Br)cc3[C@H]3OCCC[C@@H]23)cc1. The first-order valence-corrected chi connectivity index (χ1v) is 9.46. The molecule has 2 heterocycles. The molecule has 3 atom stereocenters. The van der Waals surface area contributed by atoms with Crippen molar-refractivity contribution in [3.05, 3.63) is 58.1 Å².